The van der Waals surface area contributed by atoms with Crippen molar-refractivity contribution in [1.82, 2.24) is 0 Å². The molecule has 2 aromatic rings. The van der Waals surface area contributed by atoms with Crippen molar-refractivity contribution in [3.63, 3.8) is 0 Å². The number of benzene rings is 2. The van der Waals surface area contributed by atoms with Crippen molar-refractivity contribution in [2.24, 2.45) is 0 Å². The van der Waals surface area contributed by atoms with Crippen molar-refractivity contribution >= 4 is 37.3 Å². The monoisotopic (exact) mass is 1050 g/mol. The van der Waals surface area contributed by atoms with Crippen LogP contribution in [0.25, 0.3) is 0 Å². The van der Waals surface area contributed by atoms with E-state index in [-0.39, 0.29) is 16.4 Å². The summed E-state index contributed by atoms with van der Waals surface area (Å²) >= 11 is 0. The van der Waals surface area contributed by atoms with Crippen LogP contribution in [0, 0.1) is 0 Å². The summed E-state index contributed by atoms with van der Waals surface area (Å²) in [5.74, 6) is 0. The van der Waals surface area contributed by atoms with Gasteiger partial charge in [0, 0.05) is 88.6 Å². The van der Waals surface area contributed by atoms with Crippen molar-refractivity contribution in [3.05, 3.63) is 95.8 Å². The highest BCUT2D eigenvalue weighted by Crippen LogP contribution is 2.51. The molecule has 72 heavy (non-hydrogen) atoms. The van der Waals surface area contributed by atoms with Crippen LogP contribution in [0.5, 0.6) is 0 Å². The Labute approximate surface area is 427 Å². The molecule has 2 atom stereocenters. The Morgan fingerprint density at radius 3 is 1.58 bits per heavy atom. The van der Waals surface area contributed by atoms with Gasteiger partial charge in [0.25, 0.3) is 0 Å². The molecule has 20 heteroatoms. The standard InChI is InChI=1S/C52H78N2O16S2/c1-51(21-26-65-33-35-69-39-37-67-31-29-63-4)45-41-43(71(56,57)58)17-19-47(45)53(23-13-9-10-14-25-55)49(51)15-11-7-6-8-12-16-50-52(2,22-27-66-34-36-70-40-38-68-32-30-64-5)46-42-44(72(59,60)61)18-20-48(46)54(50)24-28-62-3/h6-8,11-12,15-20,41-42,55H,9-10,13-14,21-40H2,1-5H3,(H-,56,57,58,59,60,61)/p-1. The summed E-state index contributed by atoms with van der Waals surface area (Å²) in [6, 6.07) is 9.04. The molecule has 0 saturated carbocycles. The molecule has 2 aliphatic rings. The van der Waals surface area contributed by atoms with Gasteiger partial charge in [-0.05, 0) is 81.5 Å². The number of aliphatic hydroxyl groups excluding tert-OH is 1. The summed E-state index contributed by atoms with van der Waals surface area (Å²) in [7, 11) is -4.64. The average Bonchev–Trinajstić information content (AvgIpc) is 3.72. The first-order valence-corrected chi connectivity index (χ1v) is 27.4. The summed E-state index contributed by atoms with van der Waals surface area (Å²) in [4.78, 5) is 1.47. The first-order chi connectivity index (χ1) is 34.7. The van der Waals surface area contributed by atoms with Crippen molar-refractivity contribution in [2.45, 2.75) is 73.0 Å². The molecule has 0 fully saturated rings. The average molecular weight is 1050 g/mol. The second-order valence-electron chi connectivity index (χ2n) is 17.6. The van der Waals surface area contributed by atoms with Gasteiger partial charge >= 0.3 is 0 Å². The highest BCUT2D eigenvalue weighted by atomic mass is 32.2. The van der Waals surface area contributed by atoms with Crippen LogP contribution in [0.2, 0.25) is 0 Å². The van der Waals surface area contributed by atoms with Crippen molar-refractivity contribution < 1.29 is 78.3 Å². The number of hydrogen-bond acceptors (Lipinski definition) is 17. The van der Waals surface area contributed by atoms with E-state index in [9.17, 15) is 31.0 Å². The van der Waals surface area contributed by atoms with Crippen LogP contribution in [-0.2, 0) is 73.7 Å². The second-order valence-corrected chi connectivity index (χ2v) is 20.3. The largest absolute Gasteiger partial charge is 0.744 e. The smallest absolute Gasteiger partial charge is 0.209 e. The summed E-state index contributed by atoms with van der Waals surface area (Å²) in [6.45, 7) is 11.4. The lowest BCUT2D eigenvalue weighted by Gasteiger charge is -2.30. The Kier molecular flexibility index (Phi) is 26.9. The third-order valence-electron chi connectivity index (χ3n) is 12.6. The lowest BCUT2D eigenvalue weighted by atomic mass is 9.76. The van der Waals surface area contributed by atoms with Gasteiger partial charge in [-0.1, -0.05) is 36.8 Å². The SMILES string of the molecule is COCCOCCOCCOCCC1(C)C(/C=C/C=C/C=C/C=C2/N(CCOC)c3ccc(S(=O)(=O)[O-])cc3C2(C)CCOCCOCCOCCOC)=[N+](CCCCCCO)c2ccc(S(=O)(=O)[O-])cc21. The summed E-state index contributed by atoms with van der Waals surface area (Å²) in [5, 5.41) is 9.38. The van der Waals surface area contributed by atoms with Crippen molar-refractivity contribution in [3.8, 4) is 0 Å². The third-order valence-corrected chi connectivity index (χ3v) is 14.3. The number of hydrogen-bond donors (Lipinski definition) is 1. The highest BCUT2D eigenvalue weighted by molar-refractivity contribution is 7.86. The maximum atomic E-state index is 12.3. The van der Waals surface area contributed by atoms with E-state index in [0.717, 1.165) is 47.6 Å². The maximum absolute atomic E-state index is 12.3. The van der Waals surface area contributed by atoms with Gasteiger partial charge in [-0.3, -0.25) is 0 Å². The van der Waals surface area contributed by atoms with E-state index in [1.54, 1.807) is 33.5 Å². The number of anilines is 1. The zero-order chi connectivity index (χ0) is 52.3. The highest BCUT2D eigenvalue weighted by Gasteiger charge is 2.48. The van der Waals surface area contributed by atoms with Crippen LogP contribution in [0.3, 0.4) is 0 Å². The molecular formula is C52H77N2O16S2-. The van der Waals surface area contributed by atoms with E-state index >= 15 is 0 Å². The number of aliphatic hydroxyl groups is 1. The molecular weight excluding hydrogens is 973 g/mol. The molecule has 2 heterocycles. The predicted octanol–water partition coefficient (Wildman–Crippen LogP) is 5.55. The summed E-state index contributed by atoms with van der Waals surface area (Å²) < 4.78 is 126. The third kappa shape index (κ3) is 18.6. The summed E-state index contributed by atoms with van der Waals surface area (Å²) in [5.41, 5.74) is 3.28. The molecule has 0 aromatic heterocycles. The second kappa shape index (κ2) is 31.9. The van der Waals surface area contributed by atoms with Crippen LogP contribution >= 0.6 is 0 Å². The number of rotatable bonds is 39. The molecule has 4 rings (SSSR count). The molecule has 2 aliphatic heterocycles. The first-order valence-electron chi connectivity index (χ1n) is 24.6. The van der Waals surface area contributed by atoms with Gasteiger partial charge in [0.15, 0.2) is 5.71 Å². The molecule has 0 aliphatic carbocycles. The fourth-order valence-corrected chi connectivity index (χ4v) is 9.70. The molecule has 2 unspecified atom stereocenters. The number of methoxy groups -OCH3 is 3. The number of unbranched alkanes of at least 4 members (excludes halogenated alkanes) is 3. The number of ether oxygens (including phenoxy) is 9. The topological polar surface area (TPSA) is 224 Å². The minimum absolute atomic E-state index is 0.121. The van der Waals surface area contributed by atoms with Crippen LogP contribution in [0.4, 0.5) is 11.4 Å². The number of nitrogens with zero attached hydrogens (tertiary/aromatic N) is 2. The van der Waals surface area contributed by atoms with E-state index in [1.807, 2.05) is 56.4 Å². The van der Waals surface area contributed by atoms with E-state index in [2.05, 4.69) is 9.48 Å². The van der Waals surface area contributed by atoms with Crippen molar-refractivity contribution in [2.75, 3.05) is 145 Å². The van der Waals surface area contributed by atoms with E-state index in [1.165, 1.54) is 24.3 Å². The Bertz CT molecular complexity index is 2340. The van der Waals surface area contributed by atoms with E-state index in [4.69, 9.17) is 42.6 Å². The van der Waals surface area contributed by atoms with Crippen LogP contribution in [-0.4, -0.2) is 181 Å². The van der Waals surface area contributed by atoms with E-state index in [0.29, 0.717) is 137 Å². The zero-order valence-corrected chi connectivity index (χ0v) is 44.4. The molecule has 0 spiro atoms. The Morgan fingerprint density at radius 2 is 1.04 bits per heavy atom. The van der Waals surface area contributed by atoms with E-state index < -0.39 is 31.1 Å². The van der Waals surface area contributed by atoms with Gasteiger partial charge in [-0.25, -0.2) is 16.8 Å². The normalized spacial score (nSPS) is 18.8. The van der Waals surface area contributed by atoms with Crippen LogP contribution in [0.1, 0.15) is 63.5 Å². The number of fused-ring (bicyclic) bond motifs is 2. The maximum Gasteiger partial charge on any atom is 0.209 e. The first kappa shape index (κ1) is 60.8. The molecule has 404 valence electrons. The molecule has 0 radical (unpaired) electrons. The van der Waals surface area contributed by atoms with Gasteiger partial charge in [0.2, 0.25) is 5.69 Å². The fourth-order valence-electron chi connectivity index (χ4n) is 8.71. The minimum Gasteiger partial charge on any atom is -0.744 e. The molecule has 0 amide bonds. The molecule has 2 aromatic carbocycles. The minimum atomic E-state index is -4.74. The Hall–Kier alpha value is -3.71. The Morgan fingerprint density at radius 1 is 0.569 bits per heavy atom. The van der Waals surface area contributed by atoms with Gasteiger partial charge < -0.3 is 61.7 Å². The Balaban J connectivity index is 1.59. The molecule has 0 saturated heterocycles. The summed E-state index contributed by atoms with van der Waals surface area (Å²) in [6.07, 6.45) is 17.7. The number of allylic oxidation sites excluding steroid dienone is 8. The fraction of sp³-hybridized carbons (Fsp3) is 0.596. The van der Waals surface area contributed by atoms with Crippen molar-refractivity contribution in [1.29, 1.82) is 0 Å². The van der Waals surface area contributed by atoms with Crippen LogP contribution in [0.15, 0.2) is 94.4 Å². The predicted molar refractivity (Wildman–Crippen MR) is 271 cm³/mol. The zero-order valence-electron chi connectivity index (χ0n) is 42.8. The molecule has 0 bridgehead atoms. The quantitative estimate of drug-likeness (QED) is 0.0375. The lowest BCUT2D eigenvalue weighted by molar-refractivity contribution is -0.438. The van der Waals surface area contributed by atoms with Gasteiger partial charge in [-0.2, -0.15) is 4.58 Å². The molecule has 18 nitrogen and oxygen atoms in total. The van der Waals surface area contributed by atoms with Crippen LogP contribution < -0.4 is 4.90 Å². The van der Waals surface area contributed by atoms with Gasteiger partial charge in [-0.15, -0.1) is 0 Å². The van der Waals surface area contributed by atoms with Gasteiger partial charge in [0.05, 0.1) is 101 Å². The lowest BCUT2D eigenvalue weighted by Crippen LogP contribution is -2.33. The molecule has 1 N–H and O–H groups in total. The van der Waals surface area contributed by atoms with Gasteiger partial charge in [0.1, 0.15) is 26.8 Å².